The molecule has 101 heavy (non-hydrogen) atoms. The number of rotatable bonds is 24. The molecule has 0 N–H and O–H groups in total. The molecule has 4 unspecified atom stereocenters. The van der Waals surface area contributed by atoms with E-state index in [9.17, 15) is 0 Å². The third-order valence-electron chi connectivity index (χ3n) is 19.1. The van der Waals surface area contributed by atoms with Crippen LogP contribution in [-0.4, -0.2) is 33.5 Å². The molecule has 14 aromatic carbocycles. The number of ether oxygens (including phenoxy) is 4. The summed E-state index contributed by atoms with van der Waals surface area (Å²) in [5, 5.41) is 14.5. The van der Waals surface area contributed by atoms with E-state index in [0.29, 0.717) is 25.4 Å². The van der Waals surface area contributed by atoms with E-state index in [1.54, 1.807) is 0 Å². The monoisotopic (exact) mass is 1470 g/mol. The second kappa shape index (κ2) is 31.1. The molecule has 0 aromatic heterocycles. The summed E-state index contributed by atoms with van der Waals surface area (Å²) in [7, 11) is -4.18. The molecular weight excluding hydrogens is 1400 g/mol. The first kappa shape index (κ1) is 66.5. The van der Waals surface area contributed by atoms with E-state index in [2.05, 4.69) is 388 Å². The van der Waals surface area contributed by atoms with E-state index in [4.69, 9.17) is 18.9 Å². The van der Waals surface area contributed by atoms with Gasteiger partial charge in [-0.05, 0) is 0 Å². The predicted octanol–water partition coefficient (Wildman–Crippen LogP) is 19.6. The van der Waals surface area contributed by atoms with Crippen LogP contribution in [0.2, 0.25) is 0 Å². The summed E-state index contributed by atoms with van der Waals surface area (Å²) in [5.74, 6) is 0.752. The van der Waals surface area contributed by atoms with Crippen molar-refractivity contribution in [2.24, 2.45) is 0 Å². The zero-order valence-electron chi connectivity index (χ0n) is 55.7. The van der Waals surface area contributed by atoms with E-state index >= 15 is 0 Å². The summed E-state index contributed by atoms with van der Waals surface area (Å²) in [6.45, 7) is 0. The van der Waals surface area contributed by atoms with Crippen molar-refractivity contribution in [1.29, 1.82) is 0 Å². The number of benzene rings is 14. The van der Waals surface area contributed by atoms with Crippen LogP contribution in [0.1, 0.15) is 45.2 Å². The molecule has 0 bridgehead atoms. The van der Waals surface area contributed by atoms with Crippen molar-refractivity contribution in [1.82, 2.24) is 0 Å². The van der Waals surface area contributed by atoms with Crippen LogP contribution in [0.15, 0.2) is 376 Å². The Morgan fingerprint density at radius 2 is 0.515 bits per heavy atom. The predicted molar refractivity (Wildman–Crippen MR) is 427 cm³/mol. The van der Waals surface area contributed by atoms with Gasteiger partial charge in [0.2, 0.25) is 0 Å². The van der Waals surface area contributed by atoms with Crippen LogP contribution in [-0.2, 0) is 27.5 Å². The molecular formula is C92H74O4P4Pd. The van der Waals surface area contributed by atoms with Gasteiger partial charge in [0.1, 0.15) is 0 Å². The Kier molecular flexibility index (Phi) is 20.5. The van der Waals surface area contributed by atoms with Crippen molar-refractivity contribution in [2.75, 3.05) is 25.4 Å². The maximum absolute atomic E-state index is 8.68. The summed E-state index contributed by atoms with van der Waals surface area (Å²) >= 11 is -0.509. The van der Waals surface area contributed by atoms with E-state index in [1.807, 2.05) is 0 Å². The fourth-order valence-electron chi connectivity index (χ4n) is 14.2. The second-order valence-electron chi connectivity index (χ2n) is 25.1. The topological polar surface area (TPSA) is 36.9 Å². The van der Waals surface area contributed by atoms with Crippen molar-refractivity contribution in [3.05, 3.63) is 410 Å². The molecule has 0 fully saturated rings. The molecule has 0 saturated heterocycles. The Balaban J connectivity index is 0.959. The Bertz CT molecular complexity index is 4670. The Morgan fingerprint density at radius 3 is 0.822 bits per heavy atom. The van der Waals surface area contributed by atoms with Gasteiger partial charge >= 0.3 is 611 Å². The number of hydrogen-bond donors (Lipinski definition) is 0. The third-order valence-corrected chi connectivity index (χ3v) is 31.1. The minimum atomic E-state index is -1.14. The molecule has 2 aliphatic rings. The van der Waals surface area contributed by atoms with E-state index in [-0.39, 0.29) is 0 Å². The summed E-state index contributed by atoms with van der Waals surface area (Å²) in [4.78, 5) is 0. The van der Waals surface area contributed by atoms with Gasteiger partial charge in [-0.1, -0.05) is 0 Å². The standard InChI is InChI=1S/2C46H37O2P2.Pd/c2*1-5-19-37(20-6-1)49(38-21-7-2-8-22-38)33-47-43-31-29-35-17-13-15-27-41(35)45(43)46-42-28-16-14-18-36(42)30-32-44(46)48-34-50(39-23-9-3-10-24-39)40-25-11-4-12-26-40;/h2*1-32,45H,33-34H2;. The fraction of sp³-hybridized carbons (Fsp3) is 0.0870. The molecule has 496 valence electrons. The molecule has 0 heterocycles. The molecule has 2 aliphatic carbocycles. The normalized spacial score (nSPS) is 17.0. The van der Waals surface area contributed by atoms with E-state index < -0.39 is 69.7 Å². The van der Waals surface area contributed by atoms with Gasteiger partial charge < -0.3 is 0 Å². The molecule has 16 rings (SSSR count). The first-order chi connectivity index (χ1) is 50.1. The van der Waals surface area contributed by atoms with Crippen molar-refractivity contribution in [3.8, 4) is 11.5 Å². The average Bonchev–Trinajstić information content (AvgIpc) is 0.709. The Morgan fingerprint density at radius 1 is 0.257 bits per heavy atom. The molecule has 4 atom stereocenters. The molecule has 0 radical (unpaired) electrons. The van der Waals surface area contributed by atoms with Crippen molar-refractivity contribution >= 4 is 108 Å². The average molecular weight is 1470 g/mol. The van der Waals surface area contributed by atoms with Gasteiger partial charge in [0.15, 0.2) is 0 Å². The quantitative estimate of drug-likeness (QED) is 0.0446. The summed E-state index contributed by atoms with van der Waals surface area (Å²) in [5.41, 5.74) is 6.78. The number of hydrogen-bond acceptors (Lipinski definition) is 4. The zero-order valence-corrected chi connectivity index (χ0v) is 60.8. The van der Waals surface area contributed by atoms with Gasteiger partial charge in [-0.25, -0.2) is 0 Å². The van der Waals surface area contributed by atoms with Gasteiger partial charge in [-0.15, -0.1) is 0 Å². The third kappa shape index (κ3) is 14.2. The first-order valence-corrected chi connectivity index (χ1v) is 42.0. The molecule has 0 amide bonds. The Labute approximate surface area is 606 Å². The van der Waals surface area contributed by atoms with Gasteiger partial charge in [0.25, 0.3) is 0 Å². The van der Waals surface area contributed by atoms with Crippen LogP contribution >= 0.6 is 31.7 Å². The maximum atomic E-state index is 8.68. The Hall–Kier alpha value is -9.02. The second-order valence-corrected chi connectivity index (χ2v) is 36.5. The SMILES string of the molecule is C1=C[C](OCP(c2ccccc2)c2ccccc2)([Pd][C]2(OCP(c3ccccc3)c3ccccc3)C=Cc3ccccc3C2c2c(OCP(c3ccccc3)c3ccccc3)ccc3ccccc23)C(c2c(OCP(c3ccccc3)c3ccccc3)ccc3ccccc23)c2ccccc21. The van der Waals surface area contributed by atoms with Crippen molar-refractivity contribution < 1.29 is 36.9 Å². The molecule has 0 saturated carbocycles. The van der Waals surface area contributed by atoms with Crippen molar-refractivity contribution in [2.45, 2.75) is 20.0 Å². The fourth-order valence-corrected chi connectivity index (χ4v) is 25.7. The van der Waals surface area contributed by atoms with Crippen LogP contribution in [0.5, 0.6) is 11.5 Å². The minimum absolute atomic E-state index is 0.409. The van der Waals surface area contributed by atoms with E-state index in [1.165, 1.54) is 53.6 Å². The van der Waals surface area contributed by atoms with Crippen LogP contribution < -0.4 is 51.9 Å². The van der Waals surface area contributed by atoms with Crippen LogP contribution in [0.4, 0.5) is 0 Å². The van der Waals surface area contributed by atoms with Crippen LogP contribution in [0.25, 0.3) is 33.7 Å². The molecule has 14 aromatic rings. The van der Waals surface area contributed by atoms with Gasteiger partial charge in [0.05, 0.1) is 0 Å². The molecule has 0 spiro atoms. The van der Waals surface area contributed by atoms with Gasteiger partial charge in [0, 0.05) is 0 Å². The molecule has 0 aliphatic heterocycles. The van der Waals surface area contributed by atoms with E-state index in [0.717, 1.165) is 55.3 Å². The number of fused-ring (bicyclic) bond motifs is 4. The van der Waals surface area contributed by atoms with Gasteiger partial charge in [-0.3, -0.25) is 0 Å². The first-order valence-electron chi connectivity index (χ1n) is 34.3. The van der Waals surface area contributed by atoms with Crippen LogP contribution in [0.3, 0.4) is 0 Å². The molecule has 9 heteroatoms. The zero-order chi connectivity index (χ0) is 67.6. The molecule has 4 nitrogen and oxygen atoms in total. The summed E-state index contributed by atoms with van der Waals surface area (Å²) in [6.07, 6.45) is 11.4. The summed E-state index contributed by atoms with van der Waals surface area (Å²) < 4.78 is 30.6. The van der Waals surface area contributed by atoms with Crippen LogP contribution in [0, 0.1) is 0 Å². The van der Waals surface area contributed by atoms with Crippen molar-refractivity contribution in [3.63, 3.8) is 0 Å². The van der Waals surface area contributed by atoms with Gasteiger partial charge in [-0.2, -0.15) is 0 Å². The summed E-state index contributed by atoms with van der Waals surface area (Å²) in [6, 6.07) is 133.